The van der Waals surface area contributed by atoms with Crippen LogP contribution in [0.1, 0.15) is 17.3 Å². The number of rotatable bonds is 1. The van der Waals surface area contributed by atoms with Crippen LogP contribution in [-0.4, -0.2) is 22.8 Å². The first kappa shape index (κ1) is 15.3. The molecule has 3 aromatic rings. The Balaban J connectivity index is 1.81. The van der Waals surface area contributed by atoms with Crippen LogP contribution >= 0.6 is 0 Å². The SMILES string of the molecule is C[C@H]1C(=O)Nc2ccccc2N1C(=O)c1cnc2ccc(F)cc2c1. The van der Waals surface area contributed by atoms with Gasteiger partial charge in [0.25, 0.3) is 5.91 Å². The highest BCUT2D eigenvalue weighted by molar-refractivity contribution is 6.16. The summed E-state index contributed by atoms with van der Waals surface area (Å²) in [4.78, 5) is 30.9. The lowest BCUT2D eigenvalue weighted by atomic mass is 10.1. The van der Waals surface area contributed by atoms with E-state index in [2.05, 4.69) is 10.3 Å². The summed E-state index contributed by atoms with van der Waals surface area (Å²) in [5.41, 5.74) is 2.11. The third-order valence-electron chi connectivity index (χ3n) is 4.30. The van der Waals surface area contributed by atoms with Gasteiger partial charge in [0.05, 0.1) is 22.5 Å². The van der Waals surface area contributed by atoms with E-state index in [4.69, 9.17) is 0 Å². The normalized spacial score (nSPS) is 16.5. The monoisotopic (exact) mass is 335 g/mol. The zero-order valence-corrected chi connectivity index (χ0v) is 13.4. The number of fused-ring (bicyclic) bond motifs is 2. The quantitative estimate of drug-likeness (QED) is 0.742. The molecule has 2 heterocycles. The average Bonchev–Trinajstić information content (AvgIpc) is 2.61. The Morgan fingerprint density at radius 1 is 1.20 bits per heavy atom. The number of carbonyl (C=O) groups excluding carboxylic acids is 2. The van der Waals surface area contributed by atoms with Gasteiger partial charge < -0.3 is 5.32 Å². The van der Waals surface area contributed by atoms with E-state index in [9.17, 15) is 14.0 Å². The summed E-state index contributed by atoms with van der Waals surface area (Å²) in [6.45, 7) is 1.66. The fourth-order valence-corrected chi connectivity index (χ4v) is 3.00. The molecule has 4 rings (SSSR count). The summed E-state index contributed by atoms with van der Waals surface area (Å²) in [5, 5.41) is 3.32. The van der Waals surface area contributed by atoms with E-state index in [1.165, 1.54) is 23.2 Å². The summed E-state index contributed by atoms with van der Waals surface area (Å²) >= 11 is 0. The van der Waals surface area contributed by atoms with Crippen LogP contribution in [0.3, 0.4) is 0 Å². The molecule has 1 N–H and O–H groups in total. The highest BCUT2D eigenvalue weighted by atomic mass is 19.1. The number of anilines is 2. The van der Waals surface area contributed by atoms with Crippen LogP contribution in [0.2, 0.25) is 0 Å². The minimum Gasteiger partial charge on any atom is -0.322 e. The van der Waals surface area contributed by atoms with Crippen LogP contribution in [0.15, 0.2) is 54.7 Å². The first-order valence-corrected chi connectivity index (χ1v) is 7.83. The zero-order chi connectivity index (χ0) is 17.6. The maximum absolute atomic E-state index is 13.5. The van der Waals surface area contributed by atoms with Gasteiger partial charge in [0.1, 0.15) is 11.9 Å². The van der Waals surface area contributed by atoms with Gasteiger partial charge in [-0.1, -0.05) is 12.1 Å². The molecule has 0 spiro atoms. The molecule has 0 saturated heterocycles. The molecule has 1 aliphatic rings. The van der Waals surface area contributed by atoms with Crippen LogP contribution < -0.4 is 10.2 Å². The fraction of sp³-hybridized carbons (Fsp3) is 0.105. The van der Waals surface area contributed by atoms with Crippen molar-refractivity contribution in [2.24, 2.45) is 0 Å². The molecule has 2 amide bonds. The van der Waals surface area contributed by atoms with E-state index in [-0.39, 0.29) is 11.8 Å². The second-order valence-corrected chi connectivity index (χ2v) is 5.92. The third kappa shape index (κ3) is 2.52. The van der Waals surface area contributed by atoms with Gasteiger partial charge in [-0.3, -0.25) is 19.5 Å². The number of hydrogen-bond acceptors (Lipinski definition) is 3. The number of para-hydroxylation sites is 2. The molecule has 0 unspecified atom stereocenters. The van der Waals surface area contributed by atoms with E-state index in [1.54, 1.807) is 43.3 Å². The van der Waals surface area contributed by atoms with E-state index >= 15 is 0 Å². The van der Waals surface area contributed by atoms with Gasteiger partial charge in [-0.15, -0.1) is 0 Å². The highest BCUT2D eigenvalue weighted by Crippen LogP contribution is 2.33. The first-order valence-electron chi connectivity index (χ1n) is 7.83. The first-order chi connectivity index (χ1) is 12.0. The molecule has 0 aliphatic carbocycles. The molecule has 0 saturated carbocycles. The Hall–Kier alpha value is -3.28. The predicted octanol–water partition coefficient (Wildman–Crippen LogP) is 3.36. The molecule has 25 heavy (non-hydrogen) atoms. The lowest BCUT2D eigenvalue weighted by Gasteiger charge is -2.34. The topological polar surface area (TPSA) is 62.3 Å². The average molecular weight is 335 g/mol. The molecule has 1 atom stereocenters. The number of hydrogen-bond donors (Lipinski definition) is 1. The number of aromatic nitrogens is 1. The van der Waals surface area contributed by atoms with Gasteiger partial charge in [-0.05, 0) is 43.3 Å². The number of nitrogens with one attached hydrogen (secondary N) is 1. The van der Waals surface area contributed by atoms with Crippen LogP contribution in [0.5, 0.6) is 0 Å². The minimum absolute atomic E-state index is 0.258. The van der Waals surface area contributed by atoms with Gasteiger partial charge in [0.15, 0.2) is 0 Å². The summed E-state index contributed by atoms with van der Waals surface area (Å²) in [6, 6.07) is 12.3. The highest BCUT2D eigenvalue weighted by Gasteiger charge is 2.34. The molecule has 0 radical (unpaired) electrons. The summed E-state index contributed by atoms with van der Waals surface area (Å²) in [5.74, 6) is -1.00. The maximum atomic E-state index is 13.5. The Morgan fingerprint density at radius 2 is 2.00 bits per heavy atom. The van der Waals surface area contributed by atoms with E-state index < -0.39 is 11.9 Å². The smallest absolute Gasteiger partial charge is 0.260 e. The second-order valence-electron chi connectivity index (χ2n) is 5.92. The Kier molecular flexibility index (Phi) is 3.46. The van der Waals surface area contributed by atoms with Crippen LogP contribution in [-0.2, 0) is 4.79 Å². The fourth-order valence-electron chi connectivity index (χ4n) is 3.00. The van der Waals surface area contributed by atoms with Gasteiger partial charge in [0.2, 0.25) is 5.91 Å². The van der Waals surface area contributed by atoms with Gasteiger partial charge in [0, 0.05) is 11.6 Å². The van der Waals surface area contributed by atoms with Crippen molar-refractivity contribution in [1.29, 1.82) is 0 Å². The van der Waals surface area contributed by atoms with Crippen molar-refractivity contribution < 1.29 is 14.0 Å². The predicted molar refractivity (Wildman–Crippen MR) is 93.0 cm³/mol. The lowest BCUT2D eigenvalue weighted by molar-refractivity contribution is -0.117. The molecule has 1 aliphatic heterocycles. The van der Waals surface area contributed by atoms with Crippen molar-refractivity contribution in [1.82, 2.24) is 4.98 Å². The second kappa shape index (κ2) is 5.66. The van der Waals surface area contributed by atoms with Gasteiger partial charge >= 0.3 is 0 Å². The molecular weight excluding hydrogens is 321 g/mol. The number of nitrogens with zero attached hydrogens (tertiary/aromatic N) is 2. The minimum atomic E-state index is -0.661. The Morgan fingerprint density at radius 3 is 2.84 bits per heavy atom. The number of benzene rings is 2. The van der Waals surface area contributed by atoms with Crippen molar-refractivity contribution in [2.45, 2.75) is 13.0 Å². The van der Waals surface area contributed by atoms with E-state index in [0.717, 1.165) is 0 Å². The number of halogens is 1. The molecule has 0 bridgehead atoms. The van der Waals surface area contributed by atoms with Crippen LogP contribution in [0.4, 0.5) is 15.8 Å². The van der Waals surface area contributed by atoms with Crippen molar-refractivity contribution in [3.8, 4) is 0 Å². The lowest BCUT2D eigenvalue weighted by Crippen LogP contribution is -2.49. The van der Waals surface area contributed by atoms with Crippen molar-refractivity contribution in [3.63, 3.8) is 0 Å². The molecule has 0 fully saturated rings. The Labute approximate surface area is 143 Å². The van der Waals surface area contributed by atoms with Gasteiger partial charge in [-0.2, -0.15) is 0 Å². The largest absolute Gasteiger partial charge is 0.322 e. The molecule has 6 heteroatoms. The number of amides is 2. The molecular formula is C19H14FN3O2. The molecule has 124 valence electrons. The van der Waals surface area contributed by atoms with Crippen molar-refractivity contribution in [2.75, 3.05) is 10.2 Å². The van der Waals surface area contributed by atoms with E-state index in [1.807, 2.05) is 0 Å². The third-order valence-corrected chi connectivity index (χ3v) is 4.30. The van der Waals surface area contributed by atoms with Crippen LogP contribution in [0.25, 0.3) is 10.9 Å². The molecule has 2 aromatic carbocycles. The van der Waals surface area contributed by atoms with Crippen molar-refractivity contribution >= 4 is 34.1 Å². The van der Waals surface area contributed by atoms with Crippen molar-refractivity contribution in [3.05, 3.63) is 66.1 Å². The molecule has 1 aromatic heterocycles. The summed E-state index contributed by atoms with van der Waals surface area (Å²) in [7, 11) is 0. The summed E-state index contributed by atoms with van der Waals surface area (Å²) in [6.07, 6.45) is 1.45. The summed E-state index contributed by atoms with van der Waals surface area (Å²) < 4.78 is 13.5. The molecule has 5 nitrogen and oxygen atoms in total. The standard InChI is InChI=1S/C19H14FN3O2/c1-11-18(24)22-16-4-2-3-5-17(16)23(11)19(25)13-8-12-9-14(20)6-7-15(12)21-10-13/h2-11H,1H3,(H,22,24)/t11-/m0/s1. The number of pyridine rings is 1. The van der Waals surface area contributed by atoms with Gasteiger partial charge in [-0.25, -0.2) is 4.39 Å². The zero-order valence-electron chi connectivity index (χ0n) is 13.4. The van der Waals surface area contributed by atoms with E-state index in [0.29, 0.717) is 27.8 Å². The number of carbonyl (C=O) groups is 2. The van der Waals surface area contributed by atoms with Crippen LogP contribution in [0, 0.1) is 5.82 Å². The maximum Gasteiger partial charge on any atom is 0.260 e. The Bertz CT molecular complexity index is 1020.